The van der Waals surface area contributed by atoms with Gasteiger partial charge in [-0.3, -0.25) is 4.98 Å². The lowest BCUT2D eigenvalue weighted by atomic mass is 9.98. The Morgan fingerprint density at radius 3 is 2.50 bits per heavy atom. The molecule has 0 fully saturated rings. The third kappa shape index (κ3) is 3.30. The first-order valence-electron chi connectivity index (χ1n) is 9.70. The van der Waals surface area contributed by atoms with Gasteiger partial charge in [0.1, 0.15) is 6.07 Å². The van der Waals surface area contributed by atoms with Crippen LogP contribution in [-0.4, -0.2) is 9.97 Å². The van der Waals surface area contributed by atoms with Gasteiger partial charge in [-0.15, -0.1) is 0 Å². The molecule has 2 aromatic heterocycles. The number of aromatic nitrogens is 2. The number of nitriles is 1. The Balaban J connectivity index is 1.60. The zero-order valence-corrected chi connectivity index (χ0v) is 16.1. The van der Waals surface area contributed by atoms with E-state index in [2.05, 4.69) is 51.7 Å². The molecule has 0 aliphatic carbocycles. The number of fused-ring (bicyclic) bond motifs is 1. The molecule has 0 radical (unpaired) electrons. The van der Waals surface area contributed by atoms with E-state index < -0.39 is 0 Å². The van der Waals surface area contributed by atoms with E-state index in [0.29, 0.717) is 5.56 Å². The number of pyridine rings is 1. The molecule has 4 heteroatoms. The summed E-state index contributed by atoms with van der Waals surface area (Å²) in [5.41, 5.74) is 7.43. The first-order valence-corrected chi connectivity index (χ1v) is 9.70. The third-order valence-corrected chi connectivity index (χ3v) is 5.17. The van der Waals surface area contributed by atoms with Crippen LogP contribution in [0.25, 0.3) is 33.2 Å². The summed E-state index contributed by atoms with van der Waals surface area (Å²) in [5, 5.41) is 14.3. The van der Waals surface area contributed by atoms with Gasteiger partial charge < -0.3 is 10.3 Å². The molecule has 0 aliphatic rings. The lowest BCUT2D eigenvalue weighted by Gasteiger charge is -2.14. The zero-order chi connectivity index (χ0) is 20.3. The van der Waals surface area contributed by atoms with Gasteiger partial charge in [0, 0.05) is 40.7 Å². The molecule has 0 bridgehead atoms. The van der Waals surface area contributed by atoms with E-state index in [9.17, 15) is 5.26 Å². The molecule has 2 N–H and O–H groups in total. The molecule has 5 rings (SSSR count). The highest BCUT2D eigenvalue weighted by atomic mass is 14.9. The SMILES string of the molecule is N#Cc1cncc(-c2cccc(-c3ccccc3)c2)c1Nc1ccc2[nH]ccc2c1. The van der Waals surface area contributed by atoms with Crippen LogP contribution in [0.4, 0.5) is 11.4 Å². The van der Waals surface area contributed by atoms with Crippen molar-refractivity contribution in [3.05, 3.63) is 103 Å². The average molecular weight is 386 g/mol. The minimum atomic E-state index is 0.506. The van der Waals surface area contributed by atoms with Gasteiger partial charge in [0.15, 0.2) is 0 Å². The number of anilines is 2. The van der Waals surface area contributed by atoms with Crippen molar-refractivity contribution in [3.63, 3.8) is 0 Å². The van der Waals surface area contributed by atoms with Crippen molar-refractivity contribution >= 4 is 22.3 Å². The summed E-state index contributed by atoms with van der Waals surface area (Å²) in [7, 11) is 0. The van der Waals surface area contributed by atoms with Gasteiger partial charge in [-0.1, -0.05) is 48.5 Å². The molecule has 3 aromatic carbocycles. The summed E-state index contributed by atoms with van der Waals surface area (Å²) in [6.07, 6.45) is 5.33. The van der Waals surface area contributed by atoms with Crippen LogP contribution < -0.4 is 5.32 Å². The fraction of sp³-hybridized carbons (Fsp3) is 0. The van der Waals surface area contributed by atoms with E-state index in [0.717, 1.165) is 44.5 Å². The van der Waals surface area contributed by atoms with Gasteiger partial charge in [0.05, 0.1) is 11.3 Å². The summed E-state index contributed by atoms with van der Waals surface area (Å²) in [5.74, 6) is 0. The van der Waals surface area contributed by atoms with Crippen LogP contribution in [0.2, 0.25) is 0 Å². The van der Waals surface area contributed by atoms with E-state index in [-0.39, 0.29) is 0 Å². The van der Waals surface area contributed by atoms with Gasteiger partial charge in [-0.25, -0.2) is 0 Å². The second-order valence-electron chi connectivity index (χ2n) is 7.07. The molecule has 0 saturated heterocycles. The van der Waals surface area contributed by atoms with Gasteiger partial charge in [-0.2, -0.15) is 5.26 Å². The molecule has 4 nitrogen and oxygen atoms in total. The van der Waals surface area contributed by atoms with E-state index in [1.165, 1.54) is 0 Å². The zero-order valence-electron chi connectivity index (χ0n) is 16.1. The maximum Gasteiger partial charge on any atom is 0.103 e. The lowest BCUT2D eigenvalue weighted by Crippen LogP contribution is -1.98. The molecule has 30 heavy (non-hydrogen) atoms. The first-order chi connectivity index (χ1) is 14.8. The number of hydrogen-bond acceptors (Lipinski definition) is 3. The smallest absolute Gasteiger partial charge is 0.103 e. The minimum absolute atomic E-state index is 0.506. The van der Waals surface area contributed by atoms with Crippen molar-refractivity contribution in [1.29, 1.82) is 5.26 Å². The summed E-state index contributed by atoms with van der Waals surface area (Å²) in [6.45, 7) is 0. The minimum Gasteiger partial charge on any atom is -0.361 e. The molecule has 0 amide bonds. The Morgan fingerprint density at radius 2 is 1.63 bits per heavy atom. The van der Waals surface area contributed by atoms with Gasteiger partial charge >= 0.3 is 0 Å². The number of nitrogens with one attached hydrogen (secondary N) is 2. The normalized spacial score (nSPS) is 10.6. The quantitative estimate of drug-likeness (QED) is 0.370. The lowest BCUT2D eigenvalue weighted by molar-refractivity contribution is 1.30. The van der Waals surface area contributed by atoms with E-state index in [1.54, 1.807) is 6.20 Å². The Morgan fingerprint density at radius 1 is 0.800 bits per heavy atom. The molecule has 2 heterocycles. The van der Waals surface area contributed by atoms with Crippen LogP contribution in [0.15, 0.2) is 97.5 Å². The summed E-state index contributed by atoms with van der Waals surface area (Å²) in [4.78, 5) is 7.51. The fourth-order valence-corrected chi connectivity index (χ4v) is 3.67. The number of hydrogen-bond donors (Lipinski definition) is 2. The Labute approximate surface area is 174 Å². The highest BCUT2D eigenvalue weighted by molar-refractivity contribution is 5.89. The van der Waals surface area contributed by atoms with Crippen LogP contribution in [-0.2, 0) is 0 Å². The molecule has 0 aliphatic heterocycles. The molecule has 0 spiro atoms. The van der Waals surface area contributed by atoms with Gasteiger partial charge in [0.2, 0.25) is 0 Å². The molecular weight excluding hydrogens is 368 g/mol. The van der Waals surface area contributed by atoms with Crippen LogP contribution in [0.3, 0.4) is 0 Å². The number of aromatic amines is 1. The highest BCUT2D eigenvalue weighted by Gasteiger charge is 2.13. The number of H-pyrrole nitrogens is 1. The summed E-state index contributed by atoms with van der Waals surface area (Å²) < 4.78 is 0. The second-order valence-corrected chi connectivity index (χ2v) is 7.07. The van der Waals surface area contributed by atoms with Crippen LogP contribution in [0, 0.1) is 11.3 Å². The first kappa shape index (κ1) is 17.7. The van der Waals surface area contributed by atoms with Crippen molar-refractivity contribution in [1.82, 2.24) is 9.97 Å². The van der Waals surface area contributed by atoms with Crippen LogP contribution in [0.5, 0.6) is 0 Å². The van der Waals surface area contributed by atoms with Crippen molar-refractivity contribution in [2.24, 2.45) is 0 Å². The average Bonchev–Trinajstić information content (AvgIpc) is 3.28. The second kappa shape index (κ2) is 7.57. The number of nitrogens with zero attached hydrogens (tertiary/aromatic N) is 2. The van der Waals surface area contributed by atoms with Gasteiger partial charge in [0.25, 0.3) is 0 Å². The monoisotopic (exact) mass is 386 g/mol. The van der Waals surface area contributed by atoms with E-state index >= 15 is 0 Å². The third-order valence-electron chi connectivity index (χ3n) is 5.17. The maximum atomic E-state index is 9.70. The molecule has 142 valence electrons. The number of benzene rings is 3. The Bertz CT molecular complexity index is 1380. The maximum absolute atomic E-state index is 9.70. The fourth-order valence-electron chi connectivity index (χ4n) is 3.67. The topological polar surface area (TPSA) is 64.5 Å². The molecule has 0 saturated carbocycles. The molecule has 0 atom stereocenters. The van der Waals surface area contributed by atoms with Crippen molar-refractivity contribution < 1.29 is 0 Å². The molecule has 0 unspecified atom stereocenters. The van der Waals surface area contributed by atoms with E-state index in [1.807, 2.05) is 60.9 Å². The van der Waals surface area contributed by atoms with E-state index in [4.69, 9.17) is 0 Å². The summed E-state index contributed by atoms with van der Waals surface area (Å²) >= 11 is 0. The van der Waals surface area contributed by atoms with Crippen molar-refractivity contribution in [3.8, 4) is 28.3 Å². The Kier molecular flexibility index (Phi) is 4.47. The van der Waals surface area contributed by atoms with Crippen LogP contribution in [0.1, 0.15) is 5.56 Å². The predicted molar refractivity (Wildman–Crippen MR) is 121 cm³/mol. The largest absolute Gasteiger partial charge is 0.361 e. The predicted octanol–water partition coefficient (Wildman–Crippen LogP) is 6.51. The standard InChI is InChI=1S/C26H18N4/c27-15-22-16-28-17-24(20-8-4-7-19(13-20)18-5-2-1-3-6-18)26(22)30-23-9-10-25-21(14-23)11-12-29-25/h1-14,16-17,29H,(H,28,30). The van der Waals surface area contributed by atoms with Crippen molar-refractivity contribution in [2.75, 3.05) is 5.32 Å². The van der Waals surface area contributed by atoms with Crippen LogP contribution >= 0.6 is 0 Å². The Hall–Kier alpha value is -4.36. The molecule has 5 aromatic rings. The summed E-state index contributed by atoms with van der Waals surface area (Å²) in [6, 6.07) is 29.0. The molecular formula is C26H18N4. The number of rotatable bonds is 4. The van der Waals surface area contributed by atoms with Crippen molar-refractivity contribution in [2.45, 2.75) is 0 Å². The highest BCUT2D eigenvalue weighted by Crippen LogP contribution is 2.35. The van der Waals surface area contributed by atoms with Gasteiger partial charge in [-0.05, 0) is 47.0 Å².